The lowest BCUT2D eigenvalue weighted by molar-refractivity contribution is 0.0680. The minimum absolute atomic E-state index is 0.154. The first-order chi connectivity index (χ1) is 13.5. The lowest BCUT2D eigenvalue weighted by Gasteiger charge is -2.14. The Hall–Kier alpha value is -2.16. The summed E-state index contributed by atoms with van der Waals surface area (Å²) in [6.45, 7) is 1.32. The summed E-state index contributed by atoms with van der Waals surface area (Å²) in [5, 5.41) is 5.87. The van der Waals surface area contributed by atoms with E-state index in [9.17, 15) is 4.79 Å². The first-order valence-electron chi connectivity index (χ1n) is 8.85. The Balaban J connectivity index is 1.54. The molecule has 6 nitrogen and oxygen atoms in total. The highest BCUT2D eigenvalue weighted by Gasteiger charge is 2.16. The summed E-state index contributed by atoms with van der Waals surface area (Å²) in [7, 11) is 1.57. The summed E-state index contributed by atoms with van der Waals surface area (Å²) in [5.74, 6) is 1.05. The van der Waals surface area contributed by atoms with Crippen LogP contribution in [0.5, 0.6) is 11.5 Å². The molecule has 28 heavy (non-hydrogen) atoms. The standard InChI is InChI=1S/C20H21BrN2O4S/c1-25-18-8-7-13(10-17(18)21)19(24)23-20(28)22-14-4-2-5-15(11-14)27-12-16-6-3-9-26-16/h2,4-5,7-8,10-11,16H,3,6,9,12H2,1H3,(H2,22,23,24,28). The second kappa shape index (κ2) is 9.86. The summed E-state index contributed by atoms with van der Waals surface area (Å²) in [4.78, 5) is 12.4. The van der Waals surface area contributed by atoms with Gasteiger partial charge in [-0.25, -0.2) is 0 Å². The predicted molar refractivity (Wildman–Crippen MR) is 115 cm³/mol. The molecule has 148 valence electrons. The molecule has 0 radical (unpaired) electrons. The zero-order valence-corrected chi connectivity index (χ0v) is 17.8. The average Bonchev–Trinajstić information content (AvgIpc) is 3.20. The third-order valence-electron chi connectivity index (χ3n) is 4.19. The number of thiocarbonyl (C=S) groups is 1. The molecule has 3 rings (SSSR count). The fourth-order valence-electron chi connectivity index (χ4n) is 2.77. The van der Waals surface area contributed by atoms with Crippen molar-refractivity contribution in [2.75, 3.05) is 25.6 Å². The van der Waals surface area contributed by atoms with Crippen molar-refractivity contribution in [2.45, 2.75) is 18.9 Å². The molecule has 2 N–H and O–H groups in total. The van der Waals surface area contributed by atoms with Crippen molar-refractivity contribution in [1.29, 1.82) is 0 Å². The number of nitrogens with one attached hydrogen (secondary N) is 2. The van der Waals surface area contributed by atoms with E-state index < -0.39 is 0 Å². The van der Waals surface area contributed by atoms with Crippen LogP contribution in [0.4, 0.5) is 5.69 Å². The summed E-state index contributed by atoms with van der Waals surface area (Å²) in [6.07, 6.45) is 2.25. The number of carbonyl (C=O) groups excluding carboxylic acids is 1. The second-order valence-corrected chi connectivity index (χ2v) is 7.49. The Kier molecular flexibility index (Phi) is 7.24. The van der Waals surface area contributed by atoms with E-state index in [0.29, 0.717) is 28.1 Å². The highest BCUT2D eigenvalue weighted by molar-refractivity contribution is 9.10. The molecule has 0 saturated carbocycles. The van der Waals surface area contributed by atoms with Crippen LogP contribution in [0.1, 0.15) is 23.2 Å². The third kappa shape index (κ3) is 5.67. The van der Waals surface area contributed by atoms with Crippen LogP contribution in [0.2, 0.25) is 0 Å². The number of anilines is 1. The zero-order chi connectivity index (χ0) is 19.9. The van der Waals surface area contributed by atoms with Crippen LogP contribution < -0.4 is 20.1 Å². The summed E-state index contributed by atoms with van der Waals surface area (Å²) < 4.78 is 17.2. The van der Waals surface area contributed by atoms with Crippen molar-refractivity contribution in [1.82, 2.24) is 5.32 Å². The van der Waals surface area contributed by atoms with Crippen LogP contribution in [0.3, 0.4) is 0 Å². The highest BCUT2D eigenvalue weighted by Crippen LogP contribution is 2.25. The van der Waals surface area contributed by atoms with Gasteiger partial charge in [0, 0.05) is 23.9 Å². The molecule has 1 aliphatic rings. The third-order valence-corrected chi connectivity index (χ3v) is 5.02. The smallest absolute Gasteiger partial charge is 0.257 e. The van der Waals surface area contributed by atoms with Crippen LogP contribution in [-0.2, 0) is 4.74 Å². The Morgan fingerprint density at radius 2 is 2.18 bits per heavy atom. The van der Waals surface area contributed by atoms with Crippen molar-refractivity contribution in [3.63, 3.8) is 0 Å². The Labute approximate surface area is 177 Å². The van der Waals surface area contributed by atoms with E-state index in [1.54, 1.807) is 25.3 Å². The van der Waals surface area contributed by atoms with E-state index in [0.717, 1.165) is 25.1 Å². The quantitative estimate of drug-likeness (QED) is 0.626. The molecule has 8 heteroatoms. The van der Waals surface area contributed by atoms with Gasteiger partial charge >= 0.3 is 0 Å². The van der Waals surface area contributed by atoms with Crippen molar-refractivity contribution < 1.29 is 19.0 Å². The maximum absolute atomic E-state index is 12.4. The molecular weight excluding hydrogens is 444 g/mol. The van der Waals surface area contributed by atoms with Gasteiger partial charge in [0.05, 0.1) is 17.7 Å². The van der Waals surface area contributed by atoms with E-state index in [2.05, 4.69) is 26.6 Å². The number of halogens is 1. The van der Waals surface area contributed by atoms with E-state index in [4.69, 9.17) is 26.4 Å². The van der Waals surface area contributed by atoms with Gasteiger partial charge in [-0.3, -0.25) is 10.1 Å². The van der Waals surface area contributed by atoms with Crippen LogP contribution in [-0.4, -0.2) is 37.4 Å². The Morgan fingerprint density at radius 3 is 2.89 bits per heavy atom. The Bertz CT molecular complexity index is 856. The SMILES string of the molecule is COc1ccc(C(=O)NC(=S)Nc2cccc(OCC3CCCO3)c2)cc1Br. The maximum Gasteiger partial charge on any atom is 0.257 e. The van der Waals surface area contributed by atoms with Crippen molar-refractivity contribution in [3.8, 4) is 11.5 Å². The van der Waals surface area contributed by atoms with Gasteiger partial charge in [0.15, 0.2) is 5.11 Å². The molecule has 1 heterocycles. The number of amides is 1. The number of carbonyl (C=O) groups is 1. The van der Waals surface area contributed by atoms with Crippen molar-refractivity contribution in [3.05, 3.63) is 52.5 Å². The van der Waals surface area contributed by atoms with E-state index in [1.165, 1.54) is 0 Å². The van der Waals surface area contributed by atoms with Crippen molar-refractivity contribution in [2.24, 2.45) is 0 Å². The zero-order valence-electron chi connectivity index (χ0n) is 15.4. The van der Waals surface area contributed by atoms with Gasteiger partial charge in [-0.05, 0) is 71.3 Å². The number of methoxy groups -OCH3 is 1. The lowest BCUT2D eigenvalue weighted by atomic mass is 10.2. The largest absolute Gasteiger partial charge is 0.496 e. The predicted octanol–water partition coefficient (Wildman–Crippen LogP) is 4.14. The minimum Gasteiger partial charge on any atom is -0.496 e. The van der Waals surface area contributed by atoms with Crippen LogP contribution >= 0.6 is 28.1 Å². The fraction of sp³-hybridized carbons (Fsp3) is 0.300. The average molecular weight is 465 g/mol. The van der Waals surface area contributed by atoms with Gasteiger partial charge < -0.3 is 19.5 Å². The molecule has 1 aliphatic heterocycles. The highest BCUT2D eigenvalue weighted by atomic mass is 79.9. The fourth-order valence-corrected chi connectivity index (χ4v) is 3.53. The monoisotopic (exact) mass is 464 g/mol. The topological polar surface area (TPSA) is 68.8 Å². The molecule has 1 amide bonds. The number of hydrogen-bond acceptors (Lipinski definition) is 5. The lowest BCUT2D eigenvalue weighted by Crippen LogP contribution is -2.34. The van der Waals surface area contributed by atoms with Gasteiger partial charge in [0.2, 0.25) is 0 Å². The normalized spacial score (nSPS) is 15.7. The number of ether oxygens (including phenoxy) is 3. The van der Waals surface area contributed by atoms with E-state index in [-0.39, 0.29) is 17.1 Å². The minimum atomic E-state index is -0.313. The van der Waals surface area contributed by atoms with E-state index >= 15 is 0 Å². The molecule has 1 saturated heterocycles. The van der Waals surface area contributed by atoms with Gasteiger partial charge in [-0.15, -0.1) is 0 Å². The Morgan fingerprint density at radius 1 is 1.32 bits per heavy atom. The summed E-state index contributed by atoms with van der Waals surface area (Å²) >= 11 is 8.62. The van der Waals surface area contributed by atoms with Crippen LogP contribution in [0, 0.1) is 0 Å². The summed E-state index contributed by atoms with van der Waals surface area (Å²) in [6, 6.07) is 12.5. The molecule has 1 atom stereocenters. The van der Waals surface area contributed by atoms with Crippen molar-refractivity contribution >= 4 is 44.9 Å². The van der Waals surface area contributed by atoms with Crippen LogP contribution in [0.15, 0.2) is 46.9 Å². The molecule has 0 aliphatic carbocycles. The number of benzene rings is 2. The maximum atomic E-state index is 12.4. The molecule has 2 aromatic carbocycles. The van der Waals surface area contributed by atoms with Gasteiger partial charge in [-0.1, -0.05) is 6.07 Å². The molecule has 0 bridgehead atoms. The number of hydrogen-bond donors (Lipinski definition) is 2. The number of rotatable bonds is 6. The first kappa shape index (κ1) is 20.6. The van der Waals surface area contributed by atoms with Gasteiger partial charge in [0.1, 0.15) is 18.1 Å². The molecule has 1 unspecified atom stereocenters. The molecule has 0 spiro atoms. The van der Waals surface area contributed by atoms with E-state index in [1.807, 2.05) is 24.3 Å². The first-order valence-corrected chi connectivity index (χ1v) is 10.1. The molecule has 2 aromatic rings. The molecule has 1 fully saturated rings. The van der Waals surface area contributed by atoms with Crippen LogP contribution in [0.25, 0.3) is 0 Å². The van der Waals surface area contributed by atoms with Gasteiger partial charge in [-0.2, -0.15) is 0 Å². The van der Waals surface area contributed by atoms with Gasteiger partial charge in [0.25, 0.3) is 5.91 Å². The molecular formula is C20H21BrN2O4S. The summed E-state index contributed by atoms with van der Waals surface area (Å²) in [5.41, 5.74) is 1.19. The second-order valence-electron chi connectivity index (χ2n) is 6.23. The molecule has 0 aromatic heterocycles.